The van der Waals surface area contributed by atoms with Crippen LogP contribution in [0.1, 0.15) is 43.6 Å². The Balaban J connectivity index is 2.03. The normalized spacial score (nSPS) is 10.4. The summed E-state index contributed by atoms with van der Waals surface area (Å²) in [5.41, 5.74) is 3.81. The second-order valence-corrected chi connectivity index (χ2v) is 7.31. The highest BCUT2D eigenvalue weighted by Gasteiger charge is 2.11. The van der Waals surface area contributed by atoms with Gasteiger partial charge in [-0.15, -0.1) is 0 Å². The Hall–Kier alpha value is -3.27. The molecule has 0 N–H and O–H groups in total. The molecule has 0 bridgehead atoms. The average Bonchev–Trinajstić information content (AvgIpc) is 2.72. The summed E-state index contributed by atoms with van der Waals surface area (Å²) >= 11 is 0. The highest BCUT2D eigenvalue weighted by molar-refractivity contribution is 6.08. The van der Waals surface area contributed by atoms with E-state index in [4.69, 9.17) is 14.2 Å². The number of hydrogen-bond donors (Lipinski definition) is 0. The van der Waals surface area contributed by atoms with E-state index in [1.165, 1.54) is 11.1 Å². The van der Waals surface area contributed by atoms with Gasteiger partial charge in [-0.25, -0.2) is 0 Å². The Morgan fingerprint density at radius 3 is 1.97 bits per heavy atom. The van der Waals surface area contributed by atoms with E-state index in [1.807, 2.05) is 64.1 Å². The lowest BCUT2D eigenvalue weighted by molar-refractivity contribution is 0.104. The molecule has 30 heavy (non-hydrogen) atoms. The van der Waals surface area contributed by atoms with Crippen LogP contribution in [0.3, 0.4) is 0 Å². The first-order valence-electron chi connectivity index (χ1n) is 9.92. The van der Waals surface area contributed by atoms with E-state index < -0.39 is 0 Å². The predicted molar refractivity (Wildman–Crippen MR) is 123 cm³/mol. The molecule has 158 valence electrons. The Bertz CT molecular complexity index is 926. The van der Waals surface area contributed by atoms with Crippen molar-refractivity contribution in [2.75, 3.05) is 20.3 Å². The van der Waals surface area contributed by atoms with Crippen LogP contribution in [0.15, 0.2) is 71.8 Å². The quantitative estimate of drug-likeness (QED) is 0.265. The molecule has 0 aliphatic rings. The molecule has 0 radical (unpaired) electrons. The first kappa shape index (κ1) is 23.0. The first-order valence-corrected chi connectivity index (χ1v) is 9.92. The van der Waals surface area contributed by atoms with Crippen molar-refractivity contribution in [2.45, 2.75) is 27.7 Å². The average molecular weight is 407 g/mol. The van der Waals surface area contributed by atoms with E-state index in [0.29, 0.717) is 30.3 Å². The van der Waals surface area contributed by atoms with Crippen LogP contribution in [0.25, 0.3) is 6.08 Å². The maximum atomic E-state index is 12.6. The summed E-state index contributed by atoms with van der Waals surface area (Å²) in [4.78, 5) is 12.6. The molecule has 0 fully saturated rings. The minimum atomic E-state index is -0.133. The van der Waals surface area contributed by atoms with Crippen LogP contribution >= 0.6 is 0 Å². The molecule has 0 aromatic heterocycles. The molecule has 2 rings (SSSR count). The number of benzene rings is 2. The van der Waals surface area contributed by atoms with Gasteiger partial charge in [0.1, 0.15) is 30.5 Å². The van der Waals surface area contributed by atoms with Crippen LogP contribution in [-0.4, -0.2) is 26.1 Å². The molecule has 0 amide bonds. The maximum absolute atomic E-state index is 12.6. The van der Waals surface area contributed by atoms with Gasteiger partial charge in [-0.2, -0.15) is 0 Å². The standard InChI is InChI=1S/C26H30O4/c1-19(2)14-16-29-22-9-6-21(7-10-22)8-13-25(27)24-12-11-23(18-26(24)28-5)30-17-15-20(3)4/h6-15,18H,16-17H2,1-5H3/b13-8+. The molecule has 0 spiro atoms. The van der Waals surface area contributed by atoms with Crippen molar-refractivity contribution in [1.82, 2.24) is 0 Å². The number of allylic oxidation sites excluding steroid dienone is 3. The minimum absolute atomic E-state index is 0.133. The minimum Gasteiger partial charge on any atom is -0.496 e. The Morgan fingerprint density at radius 1 is 0.833 bits per heavy atom. The van der Waals surface area contributed by atoms with Crippen molar-refractivity contribution in [3.05, 3.63) is 83.0 Å². The Morgan fingerprint density at radius 2 is 1.40 bits per heavy atom. The summed E-state index contributed by atoms with van der Waals surface area (Å²) in [6.07, 6.45) is 7.34. The van der Waals surface area contributed by atoms with Crippen molar-refractivity contribution in [3.63, 3.8) is 0 Å². The lowest BCUT2D eigenvalue weighted by atomic mass is 10.1. The van der Waals surface area contributed by atoms with Gasteiger partial charge in [0.25, 0.3) is 0 Å². The van der Waals surface area contributed by atoms with Crippen molar-refractivity contribution in [3.8, 4) is 17.2 Å². The zero-order valence-electron chi connectivity index (χ0n) is 18.4. The molecule has 0 saturated heterocycles. The fourth-order valence-corrected chi connectivity index (χ4v) is 2.51. The third-order valence-corrected chi connectivity index (χ3v) is 4.23. The molecule has 4 heteroatoms. The second-order valence-electron chi connectivity index (χ2n) is 7.31. The molecular formula is C26H30O4. The van der Waals surface area contributed by atoms with Gasteiger partial charge in [0.2, 0.25) is 0 Å². The van der Waals surface area contributed by atoms with Crippen LogP contribution < -0.4 is 14.2 Å². The lowest BCUT2D eigenvalue weighted by Crippen LogP contribution is -2.01. The van der Waals surface area contributed by atoms with Crippen LogP contribution in [-0.2, 0) is 0 Å². The van der Waals surface area contributed by atoms with Gasteiger partial charge >= 0.3 is 0 Å². The molecule has 0 atom stereocenters. The van der Waals surface area contributed by atoms with E-state index >= 15 is 0 Å². The van der Waals surface area contributed by atoms with Crippen LogP contribution in [0, 0.1) is 0 Å². The van der Waals surface area contributed by atoms with Crippen molar-refractivity contribution >= 4 is 11.9 Å². The third kappa shape index (κ3) is 7.63. The number of carbonyl (C=O) groups excluding carboxylic acids is 1. The van der Waals surface area contributed by atoms with Crippen molar-refractivity contribution in [1.29, 1.82) is 0 Å². The fraction of sp³-hybridized carbons (Fsp3) is 0.269. The fourth-order valence-electron chi connectivity index (χ4n) is 2.51. The molecule has 2 aromatic rings. The first-order chi connectivity index (χ1) is 14.4. The van der Waals surface area contributed by atoms with Gasteiger partial charge in [0, 0.05) is 6.07 Å². The molecule has 0 aliphatic heterocycles. The van der Waals surface area contributed by atoms with Crippen LogP contribution in [0.4, 0.5) is 0 Å². The lowest BCUT2D eigenvalue weighted by Gasteiger charge is -2.09. The maximum Gasteiger partial charge on any atom is 0.189 e. The highest BCUT2D eigenvalue weighted by atomic mass is 16.5. The number of methoxy groups -OCH3 is 1. The van der Waals surface area contributed by atoms with E-state index in [1.54, 1.807) is 37.5 Å². The molecule has 4 nitrogen and oxygen atoms in total. The number of carbonyl (C=O) groups is 1. The van der Waals surface area contributed by atoms with Crippen LogP contribution in [0.2, 0.25) is 0 Å². The summed E-state index contributed by atoms with van der Waals surface area (Å²) < 4.78 is 16.7. The Kier molecular flexibility index (Phi) is 8.95. The Labute approximate surface area is 179 Å². The largest absolute Gasteiger partial charge is 0.496 e. The summed E-state index contributed by atoms with van der Waals surface area (Å²) in [5, 5.41) is 0. The van der Waals surface area contributed by atoms with E-state index in [2.05, 4.69) is 0 Å². The SMILES string of the molecule is COc1cc(OCC=C(C)C)ccc1C(=O)/C=C/c1ccc(OCC=C(C)C)cc1. The van der Waals surface area contributed by atoms with Gasteiger partial charge in [-0.1, -0.05) is 29.4 Å². The molecule has 0 unspecified atom stereocenters. The number of rotatable bonds is 10. The predicted octanol–water partition coefficient (Wildman–Crippen LogP) is 6.28. The van der Waals surface area contributed by atoms with Gasteiger partial charge < -0.3 is 14.2 Å². The van der Waals surface area contributed by atoms with E-state index in [9.17, 15) is 4.79 Å². The monoisotopic (exact) mass is 406 g/mol. The summed E-state index contributed by atoms with van der Waals surface area (Å²) in [7, 11) is 1.55. The zero-order chi connectivity index (χ0) is 21.9. The van der Waals surface area contributed by atoms with E-state index in [0.717, 1.165) is 11.3 Å². The summed E-state index contributed by atoms with van der Waals surface area (Å²) in [5.74, 6) is 1.81. The molecule has 0 saturated carbocycles. The molecule has 2 aromatic carbocycles. The number of ketones is 1. The topological polar surface area (TPSA) is 44.8 Å². The molecule has 0 heterocycles. The summed E-state index contributed by atoms with van der Waals surface area (Å²) in [6, 6.07) is 12.9. The smallest absolute Gasteiger partial charge is 0.189 e. The van der Waals surface area contributed by atoms with Crippen molar-refractivity contribution in [2.24, 2.45) is 0 Å². The van der Waals surface area contributed by atoms with Gasteiger partial charge in [0.05, 0.1) is 12.7 Å². The summed E-state index contributed by atoms with van der Waals surface area (Å²) in [6.45, 7) is 9.13. The third-order valence-electron chi connectivity index (χ3n) is 4.23. The highest BCUT2D eigenvalue weighted by Crippen LogP contribution is 2.26. The second kappa shape index (κ2) is 11.7. The van der Waals surface area contributed by atoms with Crippen molar-refractivity contribution < 1.29 is 19.0 Å². The van der Waals surface area contributed by atoms with Gasteiger partial charge in [-0.05, 0) is 75.8 Å². The molecular weight excluding hydrogens is 376 g/mol. The van der Waals surface area contributed by atoms with Gasteiger partial charge in [0.15, 0.2) is 5.78 Å². The van der Waals surface area contributed by atoms with Gasteiger partial charge in [-0.3, -0.25) is 4.79 Å². The molecule has 0 aliphatic carbocycles. The van der Waals surface area contributed by atoms with Crippen LogP contribution in [0.5, 0.6) is 17.2 Å². The number of hydrogen-bond acceptors (Lipinski definition) is 4. The van der Waals surface area contributed by atoms with E-state index in [-0.39, 0.29) is 5.78 Å². The number of ether oxygens (including phenoxy) is 3. The zero-order valence-corrected chi connectivity index (χ0v) is 18.4.